The molecule has 5 nitrogen and oxygen atoms in total. The summed E-state index contributed by atoms with van der Waals surface area (Å²) in [5, 5.41) is 11.7. The van der Waals surface area contributed by atoms with Crippen LogP contribution in [0.3, 0.4) is 0 Å². The van der Waals surface area contributed by atoms with Crippen LogP contribution in [0.1, 0.15) is 21.7 Å². The van der Waals surface area contributed by atoms with E-state index in [4.69, 9.17) is 0 Å². The minimum atomic E-state index is -3.73. The van der Waals surface area contributed by atoms with Gasteiger partial charge in [0.2, 0.25) is 9.84 Å². The number of sulfone groups is 1. The molecule has 0 saturated heterocycles. The number of thiophene rings is 1. The Hall–Kier alpha value is -2.97. The van der Waals surface area contributed by atoms with Gasteiger partial charge in [-0.15, -0.1) is 11.3 Å². The Morgan fingerprint density at radius 2 is 1.84 bits per heavy atom. The molecule has 0 amide bonds. The first-order valence-electron chi connectivity index (χ1n) is 9.56. The Balaban J connectivity index is 1.88. The number of hydrogen-bond acceptors (Lipinski definition) is 4. The van der Waals surface area contributed by atoms with Crippen molar-refractivity contribution < 1.29 is 22.7 Å². The Labute approximate surface area is 183 Å². The molecular formula is C23H20FNO4S2. The lowest BCUT2D eigenvalue weighted by molar-refractivity contribution is -0.137. The van der Waals surface area contributed by atoms with Gasteiger partial charge in [-0.25, -0.2) is 12.8 Å². The second-order valence-electron chi connectivity index (χ2n) is 7.37. The molecule has 0 atom stereocenters. The zero-order valence-electron chi connectivity index (χ0n) is 16.9. The second kappa shape index (κ2) is 7.94. The van der Waals surface area contributed by atoms with Crippen molar-refractivity contribution >= 4 is 38.0 Å². The first-order chi connectivity index (χ1) is 14.7. The van der Waals surface area contributed by atoms with Crippen LogP contribution in [0.5, 0.6) is 0 Å². The molecule has 2 heterocycles. The van der Waals surface area contributed by atoms with Crippen molar-refractivity contribution in [1.82, 2.24) is 4.57 Å². The van der Waals surface area contributed by atoms with E-state index in [-0.39, 0.29) is 22.8 Å². The highest BCUT2D eigenvalue weighted by molar-refractivity contribution is 7.91. The summed E-state index contributed by atoms with van der Waals surface area (Å²) in [7, 11) is -3.73. The van der Waals surface area contributed by atoms with Crippen LogP contribution in [0.2, 0.25) is 0 Å². The zero-order valence-corrected chi connectivity index (χ0v) is 18.6. The Morgan fingerprint density at radius 1 is 1.13 bits per heavy atom. The molecule has 0 aliphatic heterocycles. The summed E-state index contributed by atoms with van der Waals surface area (Å²) < 4.78 is 42.3. The summed E-state index contributed by atoms with van der Waals surface area (Å²) in [5.74, 6) is -1.43. The van der Waals surface area contributed by atoms with Crippen LogP contribution in [0, 0.1) is 19.7 Å². The van der Waals surface area contributed by atoms with Gasteiger partial charge < -0.3 is 9.67 Å². The average molecular weight is 458 g/mol. The minimum absolute atomic E-state index is 0.217. The lowest BCUT2D eigenvalue weighted by Crippen LogP contribution is -2.10. The standard InChI is InChI=1S/C23H20FNO4S2/c1-14-13-30-21(23(14)31(28,29)17-6-4-3-5-7-17)11-18-15(2)25(12-22(26)27)20-9-8-16(24)10-19(18)20/h3-10,13H,11-12H2,1-2H3,(H,26,27). The van der Waals surface area contributed by atoms with E-state index >= 15 is 0 Å². The molecule has 0 unspecified atom stereocenters. The van der Waals surface area contributed by atoms with E-state index in [1.807, 2.05) is 0 Å². The van der Waals surface area contributed by atoms with Crippen molar-refractivity contribution in [3.63, 3.8) is 0 Å². The Morgan fingerprint density at radius 3 is 2.52 bits per heavy atom. The van der Waals surface area contributed by atoms with Gasteiger partial charge in [0.05, 0.1) is 9.79 Å². The Bertz CT molecular complexity index is 1400. The number of halogens is 1. The number of aliphatic carboxylic acids is 1. The molecule has 0 bridgehead atoms. The predicted octanol–water partition coefficient (Wildman–Crippen LogP) is 4.97. The summed E-state index contributed by atoms with van der Waals surface area (Å²) in [4.78, 5) is 12.5. The quantitative estimate of drug-likeness (QED) is 0.444. The summed E-state index contributed by atoms with van der Waals surface area (Å²) in [6.07, 6.45) is 0.262. The molecule has 4 aromatic rings. The van der Waals surface area contributed by atoms with Crippen LogP contribution in [-0.4, -0.2) is 24.1 Å². The maximum absolute atomic E-state index is 14.0. The third kappa shape index (κ3) is 3.77. The van der Waals surface area contributed by atoms with E-state index in [0.717, 1.165) is 5.56 Å². The monoisotopic (exact) mass is 457 g/mol. The molecular weight excluding hydrogens is 437 g/mol. The number of hydrogen-bond donors (Lipinski definition) is 1. The fourth-order valence-electron chi connectivity index (χ4n) is 3.93. The summed E-state index contributed by atoms with van der Waals surface area (Å²) in [6.45, 7) is 3.28. The number of nitrogens with zero attached hydrogens (tertiary/aromatic N) is 1. The van der Waals surface area contributed by atoms with Crippen molar-refractivity contribution in [3.8, 4) is 0 Å². The molecule has 1 N–H and O–H groups in total. The molecule has 0 spiro atoms. The fourth-order valence-corrected chi connectivity index (χ4v) is 7.02. The SMILES string of the molecule is Cc1csc(Cc2c(C)n(CC(=O)O)c3ccc(F)cc23)c1S(=O)(=O)c1ccccc1. The maximum atomic E-state index is 14.0. The molecule has 2 aromatic carbocycles. The molecule has 0 aliphatic carbocycles. The molecule has 0 radical (unpaired) electrons. The largest absolute Gasteiger partial charge is 0.480 e. The highest BCUT2D eigenvalue weighted by Crippen LogP contribution is 2.36. The molecule has 8 heteroatoms. The summed E-state index contributed by atoms with van der Waals surface area (Å²) in [5.41, 5.74) is 2.67. The predicted molar refractivity (Wildman–Crippen MR) is 118 cm³/mol. The number of rotatable bonds is 6. The smallest absolute Gasteiger partial charge is 0.323 e. The minimum Gasteiger partial charge on any atom is -0.480 e. The molecule has 2 aromatic heterocycles. The lowest BCUT2D eigenvalue weighted by atomic mass is 10.1. The molecule has 160 valence electrons. The van der Waals surface area contributed by atoms with Crippen LogP contribution in [-0.2, 0) is 27.6 Å². The topological polar surface area (TPSA) is 76.4 Å². The van der Waals surface area contributed by atoms with Crippen LogP contribution in [0.4, 0.5) is 4.39 Å². The van der Waals surface area contributed by atoms with Crippen molar-refractivity contribution in [2.75, 3.05) is 0 Å². The van der Waals surface area contributed by atoms with E-state index < -0.39 is 21.6 Å². The van der Waals surface area contributed by atoms with Crippen molar-refractivity contribution in [1.29, 1.82) is 0 Å². The third-order valence-electron chi connectivity index (χ3n) is 5.36. The van der Waals surface area contributed by atoms with Gasteiger partial charge in [0.25, 0.3) is 0 Å². The highest BCUT2D eigenvalue weighted by Gasteiger charge is 2.27. The Kier molecular flexibility index (Phi) is 5.45. The van der Waals surface area contributed by atoms with Gasteiger partial charge in [-0.05, 0) is 60.7 Å². The number of carboxylic acids is 1. The average Bonchev–Trinajstić information content (AvgIpc) is 3.21. The first-order valence-corrected chi connectivity index (χ1v) is 11.9. The van der Waals surface area contributed by atoms with Crippen LogP contribution < -0.4 is 0 Å². The maximum Gasteiger partial charge on any atom is 0.323 e. The second-order valence-corrected chi connectivity index (χ2v) is 10.2. The number of carbonyl (C=O) groups is 1. The van der Waals surface area contributed by atoms with E-state index in [0.29, 0.717) is 27.0 Å². The van der Waals surface area contributed by atoms with E-state index in [1.54, 1.807) is 60.2 Å². The lowest BCUT2D eigenvalue weighted by Gasteiger charge is -2.09. The van der Waals surface area contributed by atoms with Gasteiger partial charge in [0.1, 0.15) is 12.4 Å². The van der Waals surface area contributed by atoms with Crippen molar-refractivity contribution in [2.24, 2.45) is 0 Å². The number of carboxylic acid groups (broad SMARTS) is 1. The van der Waals surface area contributed by atoms with E-state index in [9.17, 15) is 22.7 Å². The van der Waals surface area contributed by atoms with Crippen molar-refractivity contribution in [2.45, 2.75) is 36.6 Å². The first kappa shape index (κ1) is 21.3. The number of aromatic nitrogens is 1. The highest BCUT2D eigenvalue weighted by atomic mass is 32.2. The van der Waals surface area contributed by atoms with Gasteiger partial charge in [0.15, 0.2) is 0 Å². The fraction of sp³-hybridized carbons (Fsp3) is 0.174. The van der Waals surface area contributed by atoms with Gasteiger partial charge in [0, 0.05) is 27.9 Å². The van der Waals surface area contributed by atoms with E-state index in [1.165, 1.54) is 23.5 Å². The van der Waals surface area contributed by atoms with Crippen LogP contribution in [0.15, 0.2) is 63.7 Å². The molecule has 4 rings (SSSR count). The van der Waals surface area contributed by atoms with E-state index in [2.05, 4.69) is 0 Å². The van der Waals surface area contributed by atoms with Gasteiger partial charge in [-0.1, -0.05) is 18.2 Å². The number of benzene rings is 2. The molecule has 0 saturated carbocycles. The normalized spacial score (nSPS) is 11.8. The van der Waals surface area contributed by atoms with Gasteiger partial charge >= 0.3 is 5.97 Å². The third-order valence-corrected chi connectivity index (χ3v) is 8.59. The van der Waals surface area contributed by atoms with Crippen LogP contribution in [0.25, 0.3) is 10.9 Å². The van der Waals surface area contributed by atoms with Crippen molar-refractivity contribution in [3.05, 3.63) is 81.4 Å². The molecule has 0 aliphatic rings. The van der Waals surface area contributed by atoms with Gasteiger partial charge in [-0.3, -0.25) is 4.79 Å². The zero-order chi connectivity index (χ0) is 22.3. The summed E-state index contributed by atoms with van der Waals surface area (Å²) >= 11 is 1.34. The molecule has 0 fully saturated rings. The van der Waals surface area contributed by atoms with Crippen LogP contribution >= 0.6 is 11.3 Å². The number of aryl methyl sites for hydroxylation is 1. The number of fused-ring (bicyclic) bond motifs is 1. The van der Waals surface area contributed by atoms with Gasteiger partial charge in [-0.2, -0.15) is 0 Å². The molecule has 31 heavy (non-hydrogen) atoms. The summed E-state index contributed by atoms with van der Waals surface area (Å²) in [6, 6.07) is 12.5.